The van der Waals surface area contributed by atoms with Crippen molar-refractivity contribution in [2.45, 2.75) is 37.2 Å². The van der Waals surface area contributed by atoms with Crippen molar-refractivity contribution < 1.29 is 14.0 Å². The number of aryl methyl sites for hydroxylation is 1. The first kappa shape index (κ1) is 19.0. The molecular formula is C22H23FN2O2S. The van der Waals surface area contributed by atoms with Crippen molar-refractivity contribution in [2.75, 3.05) is 12.3 Å². The Morgan fingerprint density at radius 2 is 2.04 bits per heavy atom. The quantitative estimate of drug-likeness (QED) is 0.851. The van der Waals surface area contributed by atoms with Gasteiger partial charge in [-0.05, 0) is 42.7 Å². The molecule has 2 atom stereocenters. The monoisotopic (exact) mass is 398 g/mol. The maximum atomic E-state index is 13.7. The van der Waals surface area contributed by atoms with E-state index in [-0.39, 0.29) is 36.0 Å². The predicted molar refractivity (Wildman–Crippen MR) is 107 cm³/mol. The van der Waals surface area contributed by atoms with Gasteiger partial charge in [0.25, 0.3) is 0 Å². The molecule has 1 fully saturated rings. The molecule has 0 bridgehead atoms. The fourth-order valence-electron chi connectivity index (χ4n) is 3.82. The first-order chi connectivity index (χ1) is 13.5. The molecule has 2 aromatic rings. The number of nitrogens with zero attached hydrogens (tertiary/aromatic N) is 1. The van der Waals surface area contributed by atoms with E-state index in [9.17, 15) is 14.0 Å². The Balaban J connectivity index is 1.40. The fourth-order valence-corrected chi connectivity index (χ4v) is 4.92. The van der Waals surface area contributed by atoms with Crippen molar-refractivity contribution in [3.05, 3.63) is 65.0 Å². The molecule has 0 radical (unpaired) electrons. The highest BCUT2D eigenvalue weighted by atomic mass is 32.2. The normalized spacial score (nSPS) is 21.5. The van der Waals surface area contributed by atoms with Crippen LogP contribution >= 0.6 is 11.8 Å². The van der Waals surface area contributed by atoms with Crippen molar-refractivity contribution in [1.29, 1.82) is 0 Å². The molecule has 2 aromatic carbocycles. The number of amides is 2. The zero-order chi connectivity index (χ0) is 19.7. The van der Waals surface area contributed by atoms with Crippen molar-refractivity contribution in [3.8, 4) is 0 Å². The molecule has 1 N–H and O–H groups in total. The minimum atomic E-state index is -0.357. The molecule has 2 amide bonds. The van der Waals surface area contributed by atoms with Gasteiger partial charge in [-0.15, -0.1) is 11.8 Å². The molecule has 4 rings (SSSR count). The van der Waals surface area contributed by atoms with E-state index >= 15 is 0 Å². The lowest BCUT2D eigenvalue weighted by Gasteiger charge is -2.27. The van der Waals surface area contributed by atoms with Crippen molar-refractivity contribution >= 4 is 23.6 Å². The standard InChI is InChI=1S/C22H23FN2O2S/c1-14-2-4-15(5-3-14)12-25-13-16(10-21(25)26)22(27)24-19-8-9-28-20-7-6-17(23)11-18(19)20/h2-7,11,16,19H,8-10,12-13H2,1H3,(H,24,27). The van der Waals surface area contributed by atoms with E-state index < -0.39 is 0 Å². The molecule has 1 saturated heterocycles. The van der Waals surface area contributed by atoms with Gasteiger partial charge in [0.1, 0.15) is 5.82 Å². The second-order valence-electron chi connectivity index (χ2n) is 7.54. The van der Waals surface area contributed by atoms with Crippen LogP contribution in [0.25, 0.3) is 0 Å². The Kier molecular flexibility index (Phi) is 5.40. The molecule has 0 aromatic heterocycles. The van der Waals surface area contributed by atoms with Crippen LogP contribution in [0, 0.1) is 18.7 Å². The van der Waals surface area contributed by atoms with E-state index in [0.717, 1.165) is 28.2 Å². The number of thioether (sulfide) groups is 1. The van der Waals surface area contributed by atoms with Crippen molar-refractivity contribution in [3.63, 3.8) is 0 Å². The molecule has 0 saturated carbocycles. The highest BCUT2D eigenvalue weighted by Gasteiger charge is 2.35. The number of benzene rings is 2. The molecule has 2 heterocycles. The number of likely N-dealkylation sites (tertiary alicyclic amines) is 1. The van der Waals surface area contributed by atoms with Crippen LogP contribution in [0.2, 0.25) is 0 Å². The van der Waals surface area contributed by atoms with Crippen LogP contribution in [0.3, 0.4) is 0 Å². The Bertz CT molecular complexity index is 900. The third kappa shape index (κ3) is 4.07. The maximum Gasteiger partial charge on any atom is 0.225 e. The molecule has 0 aliphatic carbocycles. The Morgan fingerprint density at radius 1 is 1.25 bits per heavy atom. The summed E-state index contributed by atoms with van der Waals surface area (Å²) in [4.78, 5) is 28.0. The summed E-state index contributed by atoms with van der Waals surface area (Å²) in [5, 5.41) is 3.06. The molecular weight excluding hydrogens is 375 g/mol. The smallest absolute Gasteiger partial charge is 0.225 e. The second kappa shape index (κ2) is 7.95. The zero-order valence-electron chi connectivity index (χ0n) is 15.8. The van der Waals surface area contributed by atoms with Gasteiger partial charge in [0, 0.05) is 30.2 Å². The summed E-state index contributed by atoms with van der Waals surface area (Å²) >= 11 is 1.68. The van der Waals surface area contributed by atoms with Gasteiger partial charge >= 0.3 is 0 Å². The summed E-state index contributed by atoms with van der Waals surface area (Å²) in [6.07, 6.45) is 0.996. The average molecular weight is 399 g/mol. The predicted octanol–water partition coefficient (Wildman–Crippen LogP) is 3.84. The zero-order valence-corrected chi connectivity index (χ0v) is 16.6. The third-order valence-corrected chi connectivity index (χ3v) is 6.53. The fraction of sp³-hybridized carbons (Fsp3) is 0.364. The van der Waals surface area contributed by atoms with Gasteiger partial charge in [0.05, 0.1) is 12.0 Å². The van der Waals surface area contributed by atoms with Crippen molar-refractivity contribution in [2.24, 2.45) is 5.92 Å². The SMILES string of the molecule is Cc1ccc(CN2CC(C(=O)NC3CCSc4ccc(F)cc43)CC2=O)cc1. The number of fused-ring (bicyclic) bond motifs is 1. The molecule has 6 heteroatoms. The summed E-state index contributed by atoms with van der Waals surface area (Å²) in [7, 11) is 0. The highest BCUT2D eigenvalue weighted by molar-refractivity contribution is 7.99. The number of nitrogens with one attached hydrogen (secondary N) is 1. The van der Waals surface area contributed by atoms with Crippen LogP contribution < -0.4 is 5.32 Å². The van der Waals surface area contributed by atoms with Gasteiger partial charge in [-0.2, -0.15) is 0 Å². The van der Waals surface area contributed by atoms with E-state index in [0.29, 0.717) is 13.1 Å². The Labute approximate surface area is 168 Å². The Morgan fingerprint density at radius 3 is 2.82 bits per heavy atom. The topological polar surface area (TPSA) is 49.4 Å². The van der Waals surface area contributed by atoms with Crippen molar-refractivity contribution in [1.82, 2.24) is 10.2 Å². The summed E-state index contributed by atoms with van der Waals surface area (Å²) in [5.41, 5.74) is 3.08. The molecule has 2 aliphatic heterocycles. The van der Waals surface area contributed by atoms with Gasteiger partial charge in [0.15, 0.2) is 0 Å². The molecule has 2 unspecified atom stereocenters. The molecule has 0 spiro atoms. The number of carbonyl (C=O) groups excluding carboxylic acids is 2. The number of halogens is 1. The van der Waals surface area contributed by atoms with Gasteiger partial charge < -0.3 is 10.2 Å². The largest absolute Gasteiger partial charge is 0.349 e. The lowest BCUT2D eigenvalue weighted by molar-refractivity contribution is -0.129. The second-order valence-corrected chi connectivity index (χ2v) is 8.68. The molecule has 28 heavy (non-hydrogen) atoms. The number of carbonyl (C=O) groups is 2. The highest BCUT2D eigenvalue weighted by Crippen LogP contribution is 2.36. The summed E-state index contributed by atoms with van der Waals surface area (Å²) in [6.45, 7) is 2.98. The van der Waals surface area contributed by atoms with Crippen LogP contribution in [-0.2, 0) is 16.1 Å². The first-order valence-electron chi connectivity index (χ1n) is 9.55. The first-order valence-corrected chi connectivity index (χ1v) is 10.5. The van der Waals surface area contributed by atoms with E-state index in [2.05, 4.69) is 5.32 Å². The van der Waals surface area contributed by atoms with Gasteiger partial charge in [-0.1, -0.05) is 29.8 Å². The van der Waals surface area contributed by atoms with Gasteiger partial charge in [0.2, 0.25) is 11.8 Å². The lowest BCUT2D eigenvalue weighted by atomic mass is 10.0. The van der Waals surface area contributed by atoms with Gasteiger partial charge in [-0.25, -0.2) is 4.39 Å². The van der Waals surface area contributed by atoms with Crippen LogP contribution in [-0.4, -0.2) is 29.0 Å². The summed E-state index contributed by atoms with van der Waals surface area (Å²) in [5.74, 6) is 0.121. The summed E-state index contributed by atoms with van der Waals surface area (Å²) < 4.78 is 13.7. The number of hydrogen-bond acceptors (Lipinski definition) is 3. The van der Waals surface area contributed by atoms with E-state index in [1.54, 1.807) is 22.7 Å². The van der Waals surface area contributed by atoms with E-state index in [4.69, 9.17) is 0 Å². The van der Waals surface area contributed by atoms with Crippen LogP contribution in [0.15, 0.2) is 47.4 Å². The maximum absolute atomic E-state index is 13.7. The molecule has 146 valence electrons. The minimum Gasteiger partial charge on any atom is -0.349 e. The van der Waals surface area contributed by atoms with Crippen LogP contribution in [0.4, 0.5) is 4.39 Å². The number of rotatable bonds is 4. The number of hydrogen-bond donors (Lipinski definition) is 1. The Hall–Kier alpha value is -2.34. The lowest BCUT2D eigenvalue weighted by Crippen LogP contribution is -2.36. The van der Waals surface area contributed by atoms with Crippen LogP contribution in [0.1, 0.15) is 35.6 Å². The van der Waals surface area contributed by atoms with Gasteiger partial charge in [-0.3, -0.25) is 9.59 Å². The minimum absolute atomic E-state index is 0.00590. The average Bonchev–Trinajstić information content (AvgIpc) is 3.05. The third-order valence-electron chi connectivity index (χ3n) is 5.41. The molecule has 2 aliphatic rings. The van der Waals surface area contributed by atoms with E-state index in [1.807, 2.05) is 31.2 Å². The molecule has 4 nitrogen and oxygen atoms in total. The van der Waals surface area contributed by atoms with E-state index in [1.165, 1.54) is 17.7 Å². The van der Waals surface area contributed by atoms with Crippen LogP contribution in [0.5, 0.6) is 0 Å². The summed E-state index contributed by atoms with van der Waals surface area (Å²) in [6, 6.07) is 12.6.